The Bertz CT molecular complexity index is 481. The maximum atomic E-state index is 12.6. The predicted molar refractivity (Wildman–Crippen MR) is 83.0 cm³/mol. The Morgan fingerprint density at radius 1 is 1.19 bits per heavy atom. The quantitative estimate of drug-likeness (QED) is 0.905. The Hall–Kier alpha value is -1.84. The number of carbonyl (C=O) groups excluding carboxylic acids is 2. The molecule has 21 heavy (non-hydrogen) atoms. The number of hydrogen-bond acceptors (Lipinski definition) is 2. The normalized spacial score (nSPS) is 17.3. The van der Waals surface area contributed by atoms with E-state index in [0.29, 0.717) is 5.56 Å². The fourth-order valence-electron chi connectivity index (χ4n) is 2.63. The van der Waals surface area contributed by atoms with Crippen molar-refractivity contribution >= 4 is 11.8 Å². The van der Waals surface area contributed by atoms with Crippen LogP contribution in [0.3, 0.4) is 0 Å². The molecule has 1 saturated heterocycles. The van der Waals surface area contributed by atoms with Crippen LogP contribution in [-0.4, -0.2) is 35.8 Å². The van der Waals surface area contributed by atoms with Gasteiger partial charge in [0, 0.05) is 18.7 Å². The maximum absolute atomic E-state index is 12.6. The molecule has 1 heterocycles. The highest BCUT2D eigenvalue weighted by atomic mass is 16.2. The summed E-state index contributed by atoms with van der Waals surface area (Å²) in [5, 5.41) is 2.93. The average molecular weight is 288 g/mol. The van der Waals surface area contributed by atoms with Gasteiger partial charge in [-0.05, 0) is 30.9 Å². The van der Waals surface area contributed by atoms with Crippen LogP contribution in [0.4, 0.5) is 0 Å². The van der Waals surface area contributed by atoms with Crippen LogP contribution in [-0.2, 0) is 4.79 Å². The van der Waals surface area contributed by atoms with Crippen LogP contribution in [0, 0.1) is 5.92 Å². The van der Waals surface area contributed by atoms with Crippen molar-refractivity contribution in [2.45, 2.75) is 39.2 Å². The van der Waals surface area contributed by atoms with E-state index >= 15 is 0 Å². The fraction of sp³-hybridized carbons (Fsp3) is 0.529. The monoisotopic (exact) mass is 288 g/mol. The van der Waals surface area contributed by atoms with E-state index in [0.717, 1.165) is 32.4 Å². The third kappa shape index (κ3) is 3.84. The van der Waals surface area contributed by atoms with Gasteiger partial charge < -0.3 is 10.2 Å². The molecular formula is C17H24N2O2. The minimum absolute atomic E-state index is 0.0612. The highest BCUT2D eigenvalue weighted by Crippen LogP contribution is 2.16. The van der Waals surface area contributed by atoms with Crippen molar-refractivity contribution in [1.29, 1.82) is 0 Å². The lowest BCUT2D eigenvalue weighted by atomic mass is 9.97. The van der Waals surface area contributed by atoms with E-state index in [4.69, 9.17) is 0 Å². The Morgan fingerprint density at radius 3 is 2.38 bits per heavy atom. The number of nitrogens with one attached hydrogen (secondary N) is 1. The molecule has 1 aliphatic heterocycles. The van der Waals surface area contributed by atoms with Crippen LogP contribution < -0.4 is 5.32 Å². The number of nitrogens with zero attached hydrogens (tertiary/aromatic N) is 1. The summed E-state index contributed by atoms with van der Waals surface area (Å²) in [5.41, 5.74) is 0.597. The molecule has 2 atom stereocenters. The van der Waals surface area contributed by atoms with Crippen molar-refractivity contribution in [3.63, 3.8) is 0 Å². The second kappa shape index (κ2) is 7.25. The fourth-order valence-corrected chi connectivity index (χ4v) is 2.63. The zero-order valence-electron chi connectivity index (χ0n) is 12.8. The standard InChI is InChI=1S/C17H24N2O2/c1-3-13(2)15(17(21)19-11-7-8-12-19)18-16(20)14-9-5-4-6-10-14/h4-6,9-10,13,15H,3,7-8,11-12H2,1-2H3,(H,18,20). The Labute approximate surface area is 126 Å². The van der Waals surface area contributed by atoms with E-state index < -0.39 is 6.04 Å². The zero-order valence-corrected chi connectivity index (χ0v) is 12.8. The van der Waals surface area contributed by atoms with E-state index in [2.05, 4.69) is 5.32 Å². The van der Waals surface area contributed by atoms with E-state index in [-0.39, 0.29) is 17.7 Å². The summed E-state index contributed by atoms with van der Waals surface area (Å²) in [6, 6.07) is 8.64. The first-order chi connectivity index (χ1) is 10.1. The summed E-state index contributed by atoms with van der Waals surface area (Å²) in [7, 11) is 0. The molecule has 0 saturated carbocycles. The molecular weight excluding hydrogens is 264 g/mol. The topological polar surface area (TPSA) is 49.4 Å². The number of benzene rings is 1. The number of hydrogen-bond donors (Lipinski definition) is 1. The molecule has 0 spiro atoms. The minimum atomic E-state index is -0.430. The van der Waals surface area contributed by atoms with E-state index in [1.54, 1.807) is 12.1 Å². The molecule has 2 amide bonds. The molecule has 0 aromatic heterocycles. The smallest absolute Gasteiger partial charge is 0.251 e. The first kappa shape index (κ1) is 15.5. The Morgan fingerprint density at radius 2 is 1.81 bits per heavy atom. The van der Waals surface area contributed by atoms with E-state index in [1.807, 2.05) is 36.9 Å². The van der Waals surface area contributed by atoms with Crippen LogP contribution in [0.25, 0.3) is 0 Å². The van der Waals surface area contributed by atoms with Gasteiger partial charge in [0.05, 0.1) is 0 Å². The van der Waals surface area contributed by atoms with Gasteiger partial charge in [-0.25, -0.2) is 0 Å². The van der Waals surface area contributed by atoms with Gasteiger partial charge >= 0.3 is 0 Å². The SMILES string of the molecule is CCC(C)C(NC(=O)c1ccccc1)C(=O)N1CCCC1. The van der Waals surface area contributed by atoms with Gasteiger partial charge in [0.25, 0.3) is 5.91 Å². The van der Waals surface area contributed by atoms with Crippen molar-refractivity contribution in [3.8, 4) is 0 Å². The maximum Gasteiger partial charge on any atom is 0.251 e. The number of carbonyl (C=O) groups is 2. The second-order valence-electron chi connectivity index (χ2n) is 5.74. The van der Waals surface area contributed by atoms with Crippen LogP contribution in [0.1, 0.15) is 43.5 Å². The lowest BCUT2D eigenvalue weighted by Crippen LogP contribution is -2.51. The molecule has 4 heteroatoms. The molecule has 1 N–H and O–H groups in total. The molecule has 0 bridgehead atoms. The van der Waals surface area contributed by atoms with Crippen LogP contribution >= 0.6 is 0 Å². The van der Waals surface area contributed by atoms with Gasteiger partial charge in [-0.2, -0.15) is 0 Å². The average Bonchev–Trinajstić information content (AvgIpc) is 3.06. The molecule has 114 valence electrons. The summed E-state index contributed by atoms with van der Waals surface area (Å²) in [6.45, 7) is 5.69. The summed E-state index contributed by atoms with van der Waals surface area (Å²) in [6.07, 6.45) is 2.98. The molecule has 1 aromatic carbocycles. The molecule has 2 unspecified atom stereocenters. The summed E-state index contributed by atoms with van der Waals surface area (Å²) in [4.78, 5) is 26.8. The van der Waals surface area contributed by atoms with Gasteiger partial charge in [0.1, 0.15) is 6.04 Å². The van der Waals surface area contributed by atoms with Gasteiger partial charge in [-0.3, -0.25) is 9.59 Å². The molecule has 2 rings (SSSR count). The van der Waals surface area contributed by atoms with Gasteiger partial charge in [-0.1, -0.05) is 38.5 Å². The van der Waals surface area contributed by atoms with Crippen LogP contribution in [0.2, 0.25) is 0 Å². The largest absolute Gasteiger partial charge is 0.341 e. The summed E-state index contributed by atoms with van der Waals surface area (Å²) in [5.74, 6) is 0.0188. The van der Waals surface area contributed by atoms with Gasteiger partial charge in [0.15, 0.2) is 0 Å². The van der Waals surface area contributed by atoms with Crippen molar-refractivity contribution in [1.82, 2.24) is 10.2 Å². The number of likely N-dealkylation sites (tertiary alicyclic amines) is 1. The Kier molecular flexibility index (Phi) is 5.37. The first-order valence-electron chi connectivity index (χ1n) is 7.78. The third-order valence-corrected chi connectivity index (χ3v) is 4.22. The number of amides is 2. The second-order valence-corrected chi connectivity index (χ2v) is 5.74. The zero-order chi connectivity index (χ0) is 15.2. The minimum Gasteiger partial charge on any atom is -0.341 e. The molecule has 0 radical (unpaired) electrons. The molecule has 1 aromatic rings. The lowest BCUT2D eigenvalue weighted by Gasteiger charge is -2.28. The highest BCUT2D eigenvalue weighted by molar-refractivity contribution is 5.97. The van der Waals surface area contributed by atoms with Crippen molar-refractivity contribution < 1.29 is 9.59 Å². The highest BCUT2D eigenvalue weighted by Gasteiger charge is 2.31. The van der Waals surface area contributed by atoms with Gasteiger partial charge in [0.2, 0.25) is 5.91 Å². The van der Waals surface area contributed by atoms with E-state index in [9.17, 15) is 9.59 Å². The van der Waals surface area contributed by atoms with Gasteiger partial charge in [-0.15, -0.1) is 0 Å². The predicted octanol–water partition coefficient (Wildman–Crippen LogP) is 2.45. The van der Waals surface area contributed by atoms with Crippen molar-refractivity contribution in [3.05, 3.63) is 35.9 Å². The Balaban J connectivity index is 2.09. The van der Waals surface area contributed by atoms with Crippen LogP contribution in [0.5, 0.6) is 0 Å². The van der Waals surface area contributed by atoms with Crippen molar-refractivity contribution in [2.24, 2.45) is 5.92 Å². The first-order valence-corrected chi connectivity index (χ1v) is 7.78. The van der Waals surface area contributed by atoms with E-state index in [1.165, 1.54) is 0 Å². The summed E-state index contributed by atoms with van der Waals surface area (Å²) < 4.78 is 0. The van der Waals surface area contributed by atoms with Crippen LogP contribution in [0.15, 0.2) is 30.3 Å². The lowest BCUT2D eigenvalue weighted by molar-refractivity contribution is -0.133. The molecule has 1 aliphatic rings. The number of rotatable bonds is 5. The van der Waals surface area contributed by atoms with Crippen molar-refractivity contribution in [2.75, 3.05) is 13.1 Å². The third-order valence-electron chi connectivity index (χ3n) is 4.22. The molecule has 0 aliphatic carbocycles. The molecule has 4 nitrogen and oxygen atoms in total. The molecule has 1 fully saturated rings. The summed E-state index contributed by atoms with van der Waals surface area (Å²) >= 11 is 0.